The maximum absolute atomic E-state index is 12.3. The summed E-state index contributed by atoms with van der Waals surface area (Å²) in [7, 11) is 0. The van der Waals surface area contributed by atoms with Crippen molar-refractivity contribution >= 4 is 11.9 Å². The molecule has 0 radical (unpaired) electrons. The third kappa shape index (κ3) is 3.66. The summed E-state index contributed by atoms with van der Waals surface area (Å²) in [4.78, 5) is 22.6. The molecular weight excluding hydrogens is 240 g/mol. The molecule has 0 aromatic carbocycles. The molecule has 1 aromatic rings. The molecule has 1 aliphatic heterocycles. The number of piperidine rings is 1. The third-order valence-corrected chi connectivity index (χ3v) is 3.26. The van der Waals surface area contributed by atoms with Crippen molar-refractivity contribution in [1.29, 1.82) is 0 Å². The predicted molar refractivity (Wildman–Crippen MR) is 75.1 cm³/mol. The summed E-state index contributed by atoms with van der Waals surface area (Å²) in [6.45, 7) is 7.92. The molecule has 2 heterocycles. The Kier molecular flexibility index (Phi) is 4.35. The molecule has 104 valence electrons. The summed E-state index contributed by atoms with van der Waals surface area (Å²) < 4.78 is 0. The van der Waals surface area contributed by atoms with Gasteiger partial charge < -0.3 is 10.2 Å². The van der Waals surface area contributed by atoms with E-state index in [1.807, 2.05) is 18.7 Å². The zero-order valence-corrected chi connectivity index (χ0v) is 11.9. The smallest absolute Gasteiger partial charge is 0.257 e. The zero-order valence-electron chi connectivity index (χ0n) is 11.9. The normalized spacial score (nSPS) is 19.6. The average Bonchev–Trinajstić information content (AvgIpc) is 2.38. The van der Waals surface area contributed by atoms with Crippen LogP contribution in [0.3, 0.4) is 0 Å². The van der Waals surface area contributed by atoms with E-state index in [1.165, 1.54) is 6.42 Å². The number of rotatable bonds is 3. The van der Waals surface area contributed by atoms with Gasteiger partial charge >= 0.3 is 0 Å². The number of nitrogens with one attached hydrogen (secondary N) is 1. The second-order valence-electron chi connectivity index (χ2n) is 5.59. The monoisotopic (exact) mass is 262 g/mol. The minimum absolute atomic E-state index is 0.0441. The van der Waals surface area contributed by atoms with Gasteiger partial charge in [0.05, 0.1) is 5.56 Å². The van der Waals surface area contributed by atoms with Crippen molar-refractivity contribution in [2.24, 2.45) is 5.92 Å². The van der Waals surface area contributed by atoms with Gasteiger partial charge in [0.1, 0.15) is 0 Å². The summed E-state index contributed by atoms with van der Waals surface area (Å²) >= 11 is 0. The molecule has 1 unspecified atom stereocenters. The molecule has 1 atom stereocenters. The van der Waals surface area contributed by atoms with Gasteiger partial charge in [-0.25, -0.2) is 9.97 Å². The fraction of sp³-hybridized carbons (Fsp3) is 0.643. The fourth-order valence-electron chi connectivity index (χ4n) is 2.33. The van der Waals surface area contributed by atoms with Crippen LogP contribution in [0.4, 0.5) is 5.95 Å². The number of carbonyl (C=O) groups excluding carboxylic acids is 1. The SMILES string of the molecule is CC1CCCN(C(=O)c2cnc(NC(C)C)nc2)C1. The number of nitrogens with zero attached hydrogens (tertiary/aromatic N) is 3. The first-order valence-electron chi connectivity index (χ1n) is 6.94. The Morgan fingerprint density at radius 1 is 1.42 bits per heavy atom. The number of aromatic nitrogens is 2. The highest BCUT2D eigenvalue weighted by Gasteiger charge is 2.22. The molecular formula is C14H22N4O. The van der Waals surface area contributed by atoms with Crippen molar-refractivity contribution in [3.8, 4) is 0 Å². The first-order valence-corrected chi connectivity index (χ1v) is 6.94. The molecule has 0 saturated carbocycles. The summed E-state index contributed by atoms with van der Waals surface area (Å²) in [5.74, 6) is 1.20. The second kappa shape index (κ2) is 5.99. The van der Waals surface area contributed by atoms with E-state index in [0.29, 0.717) is 17.4 Å². The van der Waals surface area contributed by atoms with E-state index >= 15 is 0 Å². The molecule has 0 spiro atoms. The van der Waals surface area contributed by atoms with Gasteiger partial charge in [-0.15, -0.1) is 0 Å². The minimum atomic E-state index is 0.0441. The van der Waals surface area contributed by atoms with Gasteiger partial charge in [0.15, 0.2) is 0 Å². The van der Waals surface area contributed by atoms with Crippen molar-refractivity contribution in [3.63, 3.8) is 0 Å². The van der Waals surface area contributed by atoms with Crippen LogP contribution in [0.25, 0.3) is 0 Å². The van der Waals surface area contributed by atoms with Crippen molar-refractivity contribution in [2.45, 2.75) is 39.7 Å². The highest BCUT2D eigenvalue weighted by Crippen LogP contribution is 2.17. The standard InChI is InChI=1S/C14H22N4O/c1-10(2)17-14-15-7-12(8-16-14)13(19)18-6-4-5-11(3)9-18/h7-8,10-11H,4-6,9H2,1-3H3,(H,15,16,17). The van der Waals surface area contributed by atoms with Gasteiger partial charge in [-0.05, 0) is 32.6 Å². The Labute approximate surface area is 114 Å². The quantitative estimate of drug-likeness (QED) is 0.907. The Morgan fingerprint density at radius 3 is 2.68 bits per heavy atom. The van der Waals surface area contributed by atoms with Crippen LogP contribution < -0.4 is 5.32 Å². The van der Waals surface area contributed by atoms with Crippen LogP contribution in [-0.2, 0) is 0 Å². The number of likely N-dealkylation sites (tertiary alicyclic amines) is 1. The Hall–Kier alpha value is -1.65. The van der Waals surface area contributed by atoms with E-state index < -0.39 is 0 Å². The van der Waals surface area contributed by atoms with Crippen LogP contribution in [0.5, 0.6) is 0 Å². The number of carbonyl (C=O) groups is 1. The van der Waals surface area contributed by atoms with Crippen molar-refractivity contribution in [3.05, 3.63) is 18.0 Å². The first-order chi connectivity index (χ1) is 9.06. The molecule has 1 amide bonds. The van der Waals surface area contributed by atoms with Crippen LogP contribution in [0.2, 0.25) is 0 Å². The van der Waals surface area contributed by atoms with Gasteiger partial charge in [0.25, 0.3) is 5.91 Å². The van der Waals surface area contributed by atoms with Crippen LogP contribution in [0.1, 0.15) is 44.0 Å². The summed E-state index contributed by atoms with van der Waals surface area (Å²) in [5.41, 5.74) is 0.573. The van der Waals surface area contributed by atoms with E-state index in [-0.39, 0.29) is 11.9 Å². The number of hydrogen-bond donors (Lipinski definition) is 1. The molecule has 0 aliphatic carbocycles. The van der Waals surface area contributed by atoms with Crippen LogP contribution in [0.15, 0.2) is 12.4 Å². The van der Waals surface area contributed by atoms with Gasteiger partial charge in [-0.1, -0.05) is 6.92 Å². The zero-order chi connectivity index (χ0) is 13.8. The highest BCUT2D eigenvalue weighted by molar-refractivity contribution is 5.93. The summed E-state index contributed by atoms with van der Waals surface area (Å²) in [6.07, 6.45) is 5.51. The maximum Gasteiger partial charge on any atom is 0.257 e. The van der Waals surface area contributed by atoms with E-state index in [9.17, 15) is 4.79 Å². The molecule has 1 aromatic heterocycles. The van der Waals surface area contributed by atoms with Gasteiger partial charge in [0.2, 0.25) is 5.95 Å². The Morgan fingerprint density at radius 2 is 2.11 bits per heavy atom. The van der Waals surface area contributed by atoms with E-state index in [1.54, 1.807) is 12.4 Å². The highest BCUT2D eigenvalue weighted by atomic mass is 16.2. The van der Waals surface area contributed by atoms with Crippen LogP contribution >= 0.6 is 0 Å². The van der Waals surface area contributed by atoms with E-state index in [4.69, 9.17) is 0 Å². The van der Waals surface area contributed by atoms with Crippen LogP contribution in [0, 0.1) is 5.92 Å². The third-order valence-electron chi connectivity index (χ3n) is 3.26. The van der Waals surface area contributed by atoms with E-state index in [2.05, 4.69) is 22.2 Å². The average molecular weight is 262 g/mol. The van der Waals surface area contributed by atoms with Gasteiger partial charge in [-0.3, -0.25) is 4.79 Å². The predicted octanol–water partition coefficient (Wildman–Crippen LogP) is 2.17. The molecule has 2 rings (SSSR count). The lowest BCUT2D eigenvalue weighted by Gasteiger charge is -2.30. The summed E-state index contributed by atoms with van der Waals surface area (Å²) in [5, 5.41) is 3.11. The molecule has 5 heteroatoms. The van der Waals surface area contributed by atoms with Gasteiger partial charge in [0, 0.05) is 31.5 Å². The number of amides is 1. The van der Waals surface area contributed by atoms with Crippen molar-refractivity contribution in [2.75, 3.05) is 18.4 Å². The molecule has 1 fully saturated rings. The molecule has 19 heavy (non-hydrogen) atoms. The molecule has 0 bridgehead atoms. The minimum Gasteiger partial charge on any atom is -0.352 e. The van der Waals surface area contributed by atoms with Crippen molar-refractivity contribution in [1.82, 2.24) is 14.9 Å². The fourth-order valence-corrected chi connectivity index (χ4v) is 2.33. The Balaban J connectivity index is 2.02. The first kappa shape index (κ1) is 13.8. The largest absolute Gasteiger partial charge is 0.352 e. The molecule has 1 aliphatic rings. The van der Waals surface area contributed by atoms with Gasteiger partial charge in [-0.2, -0.15) is 0 Å². The topological polar surface area (TPSA) is 58.1 Å². The Bertz CT molecular complexity index is 430. The molecule has 5 nitrogen and oxygen atoms in total. The number of hydrogen-bond acceptors (Lipinski definition) is 4. The molecule has 1 N–H and O–H groups in total. The lowest BCUT2D eigenvalue weighted by molar-refractivity contribution is 0.0682. The number of anilines is 1. The summed E-state index contributed by atoms with van der Waals surface area (Å²) in [6, 6.07) is 0.282. The molecule has 1 saturated heterocycles. The maximum atomic E-state index is 12.3. The van der Waals surface area contributed by atoms with Crippen molar-refractivity contribution < 1.29 is 4.79 Å². The van der Waals surface area contributed by atoms with E-state index in [0.717, 1.165) is 19.5 Å². The van der Waals surface area contributed by atoms with Crippen LogP contribution in [-0.4, -0.2) is 39.9 Å². The lowest BCUT2D eigenvalue weighted by Crippen LogP contribution is -2.39. The lowest BCUT2D eigenvalue weighted by atomic mass is 10.00. The second-order valence-corrected chi connectivity index (χ2v) is 5.59.